The van der Waals surface area contributed by atoms with Gasteiger partial charge in [-0.15, -0.1) is 0 Å². The van der Waals surface area contributed by atoms with Crippen molar-refractivity contribution >= 4 is 5.69 Å². The molecular weight excluding hydrogens is 245 g/mol. The summed E-state index contributed by atoms with van der Waals surface area (Å²) >= 11 is 0. The molecule has 0 atom stereocenters. The number of anilines is 1. The number of nitriles is 1. The summed E-state index contributed by atoms with van der Waals surface area (Å²) in [6.45, 7) is 0. The molecule has 0 unspecified atom stereocenters. The van der Waals surface area contributed by atoms with Gasteiger partial charge < -0.3 is 5.73 Å². The van der Waals surface area contributed by atoms with Gasteiger partial charge in [0.05, 0.1) is 23.9 Å². The zero-order valence-corrected chi connectivity index (χ0v) is 8.22. The van der Waals surface area contributed by atoms with Crippen LogP contribution >= 0.6 is 0 Å². The zero-order chi connectivity index (χ0) is 13.2. The molecule has 92 valence electrons. The van der Waals surface area contributed by atoms with Gasteiger partial charge in [0, 0.05) is 5.56 Å². The van der Waals surface area contributed by atoms with Gasteiger partial charge in [0.1, 0.15) is 0 Å². The van der Waals surface area contributed by atoms with Gasteiger partial charge in [-0.3, -0.25) is 0 Å². The Kier molecular flexibility index (Phi) is 3.50. The maximum atomic E-state index is 12.5. The standard InChI is InChI=1S/C9H6F5N3/c10-8(11)4-3-5(16)7(9(12,13)14)17-6(4)1-2-15/h3,8H,1,16H2. The van der Waals surface area contributed by atoms with E-state index in [1.54, 1.807) is 0 Å². The molecule has 0 aromatic carbocycles. The minimum Gasteiger partial charge on any atom is -0.397 e. The highest BCUT2D eigenvalue weighted by molar-refractivity contribution is 5.49. The molecule has 3 nitrogen and oxygen atoms in total. The third-order valence-electron chi connectivity index (χ3n) is 1.91. The Labute approximate surface area is 92.7 Å². The van der Waals surface area contributed by atoms with Crippen molar-refractivity contribution in [1.82, 2.24) is 4.98 Å². The summed E-state index contributed by atoms with van der Waals surface area (Å²) in [5, 5.41) is 8.34. The van der Waals surface area contributed by atoms with Gasteiger partial charge in [0.25, 0.3) is 6.43 Å². The van der Waals surface area contributed by atoms with E-state index >= 15 is 0 Å². The molecule has 0 aliphatic rings. The van der Waals surface area contributed by atoms with E-state index in [1.807, 2.05) is 0 Å². The third-order valence-corrected chi connectivity index (χ3v) is 1.91. The molecule has 17 heavy (non-hydrogen) atoms. The predicted octanol–water partition coefficient (Wildman–Crippen LogP) is 2.69. The highest BCUT2D eigenvalue weighted by atomic mass is 19.4. The number of hydrogen-bond donors (Lipinski definition) is 1. The molecule has 1 heterocycles. The van der Waals surface area contributed by atoms with E-state index in [9.17, 15) is 22.0 Å². The van der Waals surface area contributed by atoms with Gasteiger partial charge in [-0.2, -0.15) is 18.4 Å². The van der Waals surface area contributed by atoms with E-state index < -0.39 is 41.7 Å². The van der Waals surface area contributed by atoms with Crippen LogP contribution in [0.1, 0.15) is 23.4 Å². The molecule has 0 saturated carbocycles. The first kappa shape index (κ1) is 13.2. The lowest BCUT2D eigenvalue weighted by Gasteiger charge is -2.13. The molecule has 1 aromatic heterocycles. The normalized spacial score (nSPS) is 11.6. The Morgan fingerprint density at radius 1 is 1.41 bits per heavy atom. The van der Waals surface area contributed by atoms with Crippen LogP contribution in [0, 0.1) is 11.3 Å². The summed E-state index contributed by atoms with van der Waals surface area (Å²) in [5.41, 5.74) is 1.32. The molecule has 0 spiro atoms. The van der Waals surface area contributed by atoms with Crippen LogP contribution in [-0.4, -0.2) is 4.98 Å². The molecule has 0 saturated heterocycles. The van der Waals surface area contributed by atoms with Crippen LogP contribution in [0.25, 0.3) is 0 Å². The molecule has 0 aliphatic carbocycles. The molecule has 0 aliphatic heterocycles. The second-order valence-electron chi connectivity index (χ2n) is 3.10. The van der Waals surface area contributed by atoms with Crippen molar-refractivity contribution in [2.24, 2.45) is 0 Å². The molecule has 2 N–H and O–H groups in total. The molecule has 0 fully saturated rings. The lowest BCUT2D eigenvalue weighted by Crippen LogP contribution is -2.15. The van der Waals surface area contributed by atoms with Crippen LogP contribution in [0.15, 0.2) is 6.07 Å². The topological polar surface area (TPSA) is 62.7 Å². The number of rotatable bonds is 2. The number of nitrogens with zero attached hydrogens (tertiary/aromatic N) is 2. The average molecular weight is 251 g/mol. The quantitative estimate of drug-likeness (QED) is 0.822. The molecular formula is C9H6F5N3. The highest BCUT2D eigenvalue weighted by Crippen LogP contribution is 2.35. The van der Waals surface area contributed by atoms with E-state index in [0.717, 1.165) is 0 Å². The van der Waals surface area contributed by atoms with Crippen LogP contribution < -0.4 is 5.73 Å². The fraction of sp³-hybridized carbons (Fsp3) is 0.333. The van der Waals surface area contributed by atoms with Crippen molar-refractivity contribution in [3.05, 3.63) is 23.0 Å². The predicted molar refractivity (Wildman–Crippen MR) is 47.9 cm³/mol. The summed E-state index contributed by atoms with van der Waals surface area (Å²) in [7, 11) is 0. The van der Waals surface area contributed by atoms with Gasteiger partial charge in [-0.25, -0.2) is 13.8 Å². The molecule has 0 radical (unpaired) electrons. The van der Waals surface area contributed by atoms with E-state index in [-0.39, 0.29) is 0 Å². The van der Waals surface area contributed by atoms with Crippen molar-refractivity contribution in [1.29, 1.82) is 5.26 Å². The first-order valence-corrected chi connectivity index (χ1v) is 4.29. The molecule has 1 rings (SSSR count). The molecule has 0 amide bonds. The minimum atomic E-state index is -4.84. The lowest BCUT2D eigenvalue weighted by molar-refractivity contribution is -0.140. The zero-order valence-electron chi connectivity index (χ0n) is 8.22. The smallest absolute Gasteiger partial charge is 0.397 e. The Bertz CT molecular complexity index is 461. The van der Waals surface area contributed by atoms with Crippen molar-refractivity contribution in [3.63, 3.8) is 0 Å². The van der Waals surface area contributed by atoms with E-state index in [4.69, 9.17) is 11.0 Å². The molecule has 1 aromatic rings. The number of nitrogens with two attached hydrogens (primary N) is 1. The highest BCUT2D eigenvalue weighted by Gasteiger charge is 2.36. The van der Waals surface area contributed by atoms with Crippen LogP contribution in [0.4, 0.5) is 27.6 Å². The number of aromatic nitrogens is 1. The Morgan fingerprint density at radius 3 is 2.41 bits per heavy atom. The van der Waals surface area contributed by atoms with Crippen molar-refractivity contribution in [2.45, 2.75) is 19.0 Å². The lowest BCUT2D eigenvalue weighted by atomic mass is 10.1. The Morgan fingerprint density at radius 2 is 2.00 bits per heavy atom. The maximum Gasteiger partial charge on any atom is 0.435 e. The fourth-order valence-electron chi connectivity index (χ4n) is 1.22. The maximum absolute atomic E-state index is 12.5. The number of nitrogen functional groups attached to an aromatic ring is 1. The number of halogens is 5. The second kappa shape index (κ2) is 4.53. The summed E-state index contributed by atoms with van der Waals surface area (Å²) in [5.74, 6) is 0. The van der Waals surface area contributed by atoms with Crippen molar-refractivity contribution < 1.29 is 22.0 Å². The number of alkyl halides is 5. The van der Waals surface area contributed by atoms with Crippen LogP contribution in [-0.2, 0) is 12.6 Å². The summed E-state index contributed by atoms with van der Waals surface area (Å²) in [6, 6.07) is 1.98. The largest absolute Gasteiger partial charge is 0.435 e. The van der Waals surface area contributed by atoms with Gasteiger partial charge >= 0.3 is 6.18 Å². The molecule has 8 heteroatoms. The van der Waals surface area contributed by atoms with Gasteiger partial charge in [0.2, 0.25) is 0 Å². The van der Waals surface area contributed by atoms with Gasteiger partial charge in [-0.05, 0) is 6.07 Å². The Hall–Kier alpha value is -1.91. The number of pyridine rings is 1. The second-order valence-corrected chi connectivity index (χ2v) is 3.10. The summed E-state index contributed by atoms with van der Waals surface area (Å²) in [6.07, 6.45) is -8.51. The van der Waals surface area contributed by atoms with E-state index in [2.05, 4.69) is 4.98 Å². The Balaban J connectivity index is 3.41. The average Bonchev–Trinajstić information content (AvgIpc) is 2.18. The monoisotopic (exact) mass is 251 g/mol. The van der Waals surface area contributed by atoms with Crippen LogP contribution in [0.2, 0.25) is 0 Å². The van der Waals surface area contributed by atoms with Gasteiger partial charge in [-0.1, -0.05) is 0 Å². The first-order chi connectivity index (χ1) is 7.77. The first-order valence-electron chi connectivity index (χ1n) is 4.29. The summed E-state index contributed by atoms with van der Waals surface area (Å²) in [4.78, 5) is 3.00. The van der Waals surface area contributed by atoms with Crippen LogP contribution in [0.5, 0.6) is 0 Å². The van der Waals surface area contributed by atoms with E-state index in [1.165, 1.54) is 6.07 Å². The van der Waals surface area contributed by atoms with Crippen LogP contribution in [0.3, 0.4) is 0 Å². The minimum absolute atomic E-state index is 0.507. The fourth-order valence-corrected chi connectivity index (χ4v) is 1.22. The van der Waals surface area contributed by atoms with Crippen molar-refractivity contribution in [3.8, 4) is 6.07 Å². The SMILES string of the molecule is N#CCc1nc(C(F)(F)F)c(N)cc1C(F)F. The van der Waals surface area contributed by atoms with Crippen molar-refractivity contribution in [2.75, 3.05) is 5.73 Å². The third kappa shape index (κ3) is 2.81. The summed E-state index contributed by atoms with van der Waals surface area (Å²) < 4.78 is 62.1. The number of hydrogen-bond acceptors (Lipinski definition) is 3. The van der Waals surface area contributed by atoms with Gasteiger partial charge in [0.15, 0.2) is 5.69 Å². The van der Waals surface area contributed by atoms with E-state index in [0.29, 0.717) is 6.07 Å². The molecule has 0 bridgehead atoms.